The maximum absolute atomic E-state index is 5.80. The maximum Gasteiger partial charge on any atom is 0.140 e. The van der Waals surface area contributed by atoms with Gasteiger partial charge in [-0.2, -0.15) is 0 Å². The number of hydrogen-bond acceptors (Lipinski definition) is 2. The zero-order valence-corrected chi connectivity index (χ0v) is 11.4. The Balaban J connectivity index is 2.79. The predicted molar refractivity (Wildman–Crippen MR) is 69.6 cm³/mol. The first-order chi connectivity index (χ1) is 7.11. The van der Waals surface area contributed by atoms with Crippen LogP contribution in [-0.4, -0.2) is 16.4 Å². The molecule has 0 saturated carbocycles. The van der Waals surface area contributed by atoms with E-state index in [1.165, 1.54) is 0 Å². The van der Waals surface area contributed by atoms with Crippen LogP contribution in [0.25, 0.3) is 0 Å². The Morgan fingerprint density at radius 3 is 2.87 bits per heavy atom. The minimum atomic E-state index is 0.0125. The molecule has 2 nitrogen and oxygen atoms in total. The zero-order chi connectivity index (χ0) is 11.3. The summed E-state index contributed by atoms with van der Waals surface area (Å²) in [5.41, 5.74) is 0.0125. The largest absolute Gasteiger partial charge is 0.364 e. The van der Waals surface area contributed by atoms with E-state index in [2.05, 4.69) is 40.1 Å². The van der Waals surface area contributed by atoms with E-state index in [-0.39, 0.29) is 5.54 Å². The molecule has 1 atom stereocenters. The first kappa shape index (κ1) is 12.8. The summed E-state index contributed by atoms with van der Waals surface area (Å²) >= 11 is 9.27. The molecule has 1 heterocycles. The van der Waals surface area contributed by atoms with Crippen LogP contribution in [0.5, 0.6) is 0 Å². The van der Waals surface area contributed by atoms with Gasteiger partial charge in [0.15, 0.2) is 0 Å². The molecule has 0 aliphatic heterocycles. The van der Waals surface area contributed by atoms with Crippen LogP contribution >= 0.6 is 27.5 Å². The van der Waals surface area contributed by atoms with E-state index in [9.17, 15) is 0 Å². The van der Waals surface area contributed by atoms with Crippen LogP contribution in [0.3, 0.4) is 0 Å². The van der Waals surface area contributed by atoms with E-state index in [4.69, 9.17) is 11.6 Å². The highest BCUT2D eigenvalue weighted by molar-refractivity contribution is 9.10. The second kappa shape index (κ2) is 5.71. The minimum Gasteiger partial charge on any atom is -0.364 e. The fraction of sp³-hybridized carbons (Fsp3) is 0.545. The van der Waals surface area contributed by atoms with Gasteiger partial charge >= 0.3 is 0 Å². The molecule has 1 aromatic heterocycles. The fourth-order valence-corrected chi connectivity index (χ4v) is 2.07. The van der Waals surface area contributed by atoms with Gasteiger partial charge in [-0.25, -0.2) is 4.98 Å². The molecule has 0 bridgehead atoms. The molecule has 1 N–H and O–H groups in total. The Bertz CT molecular complexity index is 319. The van der Waals surface area contributed by atoms with Crippen molar-refractivity contribution in [2.45, 2.75) is 32.2 Å². The molecule has 1 rings (SSSR count). The van der Waals surface area contributed by atoms with E-state index < -0.39 is 0 Å². The van der Waals surface area contributed by atoms with Gasteiger partial charge < -0.3 is 5.32 Å². The molecular formula is C11H16BrClN2. The van der Waals surface area contributed by atoms with E-state index in [0.29, 0.717) is 5.88 Å². The Kier molecular flexibility index (Phi) is 4.87. The van der Waals surface area contributed by atoms with Gasteiger partial charge in [0, 0.05) is 17.6 Å². The zero-order valence-electron chi connectivity index (χ0n) is 9.06. The summed E-state index contributed by atoms with van der Waals surface area (Å²) in [6.45, 7) is 4.31. The van der Waals surface area contributed by atoms with Crippen molar-refractivity contribution >= 4 is 33.3 Å². The van der Waals surface area contributed by atoms with Crippen molar-refractivity contribution in [1.82, 2.24) is 4.98 Å². The fourth-order valence-electron chi connectivity index (χ4n) is 1.30. The van der Waals surface area contributed by atoms with Gasteiger partial charge in [0.05, 0.1) is 4.47 Å². The Hall–Kier alpha value is -0.280. The van der Waals surface area contributed by atoms with Crippen LogP contribution in [0.4, 0.5) is 5.82 Å². The summed E-state index contributed by atoms with van der Waals surface area (Å²) in [5.74, 6) is 1.54. The lowest BCUT2D eigenvalue weighted by Gasteiger charge is -2.30. The SMILES string of the molecule is CCC(C)(CCCl)Nc1ncccc1Br. The molecule has 0 aliphatic rings. The summed E-state index contributed by atoms with van der Waals surface area (Å²) in [6, 6.07) is 3.88. The number of halogens is 2. The molecule has 15 heavy (non-hydrogen) atoms. The first-order valence-electron chi connectivity index (χ1n) is 5.06. The topological polar surface area (TPSA) is 24.9 Å². The van der Waals surface area contributed by atoms with Crippen molar-refractivity contribution in [3.05, 3.63) is 22.8 Å². The molecular weight excluding hydrogens is 275 g/mol. The van der Waals surface area contributed by atoms with Gasteiger partial charge in [-0.1, -0.05) is 6.92 Å². The number of anilines is 1. The number of nitrogens with one attached hydrogen (secondary N) is 1. The van der Waals surface area contributed by atoms with Crippen LogP contribution in [0, 0.1) is 0 Å². The summed E-state index contributed by atoms with van der Waals surface area (Å²) < 4.78 is 0.985. The molecule has 0 amide bonds. The monoisotopic (exact) mass is 290 g/mol. The lowest BCUT2D eigenvalue weighted by molar-refractivity contribution is 0.479. The van der Waals surface area contributed by atoms with Crippen LogP contribution in [-0.2, 0) is 0 Å². The second-order valence-corrected chi connectivity index (χ2v) is 5.04. The number of alkyl halides is 1. The van der Waals surface area contributed by atoms with Gasteiger partial charge in [0.2, 0.25) is 0 Å². The molecule has 1 unspecified atom stereocenters. The van der Waals surface area contributed by atoms with E-state index in [1.807, 2.05) is 12.1 Å². The molecule has 0 spiro atoms. The number of hydrogen-bond donors (Lipinski definition) is 1. The maximum atomic E-state index is 5.80. The second-order valence-electron chi connectivity index (χ2n) is 3.81. The molecule has 0 aliphatic carbocycles. The molecule has 0 radical (unpaired) electrons. The van der Waals surface area contributed by atoms with Crippen LogP contribution in [0.1, 0.15) is 26.7 Å². The van der Waals surface area contributed by atoms with Crippen molar-refractivity contribution < 1.29 is 0 Å². The minimum absolute atomic E-state index is 0.0125. The summed E-state index contributed by atoms with van der Waals surface area (Å²) in [5, 5.41) is 3.43. The first-order valence-corrected chi connectivity index (χ1v) is 6.39. The molecule has 0 saturated heterocycles. The highest BCUT2D eigenvalue weighted by Gasteiger charge is 2.22. The molecule has 0 fully saturated rings. The van der Waals surface area contributed by atoms with E-state index in [0.717, 1.165) is 23.1 Å². The Morgan fingerprint density at radius 1 is 1.60 bits per heavy atom. The summed E-state index contributed by atoms with van der Waals surface area (Å²) in [6.07, 6.45) is 3.72. The van der Waals surface area contributed by atoms with Crippen LogP contribution in [0.15, 0.2) is 22.8 Å². The standard InChI is InChI=1S/C11H16BrClN2/c1-3-11(2,6-7-13)15-10-9(12)5-4-8-14-10/h4-5,8H,3,6-7H2,1-2H3,(H,14,15). The summed E-state index contributed by atoms with van der Waals surface area (Å²) in [4.78, 5) is 4.29. The molecule has 1 aromatic rings. The van der Waals surface area contributed by atoms with E-state index in [1.54, 1.807) is 6.20 Å². The highest BCUT2D eigenvalue weighted by atomic mass is 79.9. The molecule has 84 valence electrons. The quantitative estimate of drug-likeness (QED) is 0.828. The third kappa shape index (κ3) is 3.65. The average Bonchev–Trinajstić information content (AvgIpc) is 2.22. The van der Waals surface area contributed by atoms with Crippen molar-refractivity contribution in [3.8, 4) is 0 Å². The molecule has 4 heteroatoms. The predicted octanol–water partition coefficient (Wildman–Crippen LogP) is 4.05. The van der Waals surface area contributed by atoms with Gasteiger partial charge in [-0.3, -0.25) is 0 Å². The smallest absolute Gasteiger partial charge is 0.140 e. The normalized spacial score (nSPS) is 14.7. The highest BCUT2D eigenvalue weighted by Crippen LogP contribution is 2.26. The van der Waals surface area contributed by atoms with Crippen molar-refractivity contribution in [1.29, 1.82) is 0 Å². The van der Waals surface area contributed by atoms with Crippen molar-refractivity contribution in [2.75, 3.05) is 11.2 Å². The number of pyridine rings is 1. The van der Waals surface area contributed by atoms with Crippen molar-refractivity contribution in [2.24, 2.45) is 0 Å². The van der Waals surface area contributed by atoms with Crippen LogP contribution in [0.2, 0.25) is 0 Å². The third-order valence-electron chi connectivity index (χ3n) is 2.61. The lowest BCUT2D eigenvalue weighted by atomic mass is 9.95. The third-order valence-corrected chi connectivity index (χ3v) is 3.43. The van der Waals surface area contributed by atoms with E-state index >= 15 is 0 Å². The van der Waals surface area contributed by atoms with Crippen LogP contribution < -0.4 is 5.32 Å². The van der Waals surface area contributed by atoms with Gasteiger partial charge in [0.1, 0.15) is 5.82 Å². The summed E-state index contributed by atoms with van der Waals surface area (Å²) in [7, 11) is 0. The Morgan fingerprint density at radius 2 is 2.33 bits per heavy atom. The number of nitrogens with zero attached hydrogens (tertiary/aromatic N) is 1. The Labute approximate surface area is 105 Å². The average molecular weight is 292 g/mol. The number of rotatable bonds is 5. The van der Waals surface area contributed by atoms with Crippen molar-refractivity contribution in [3.63, 3.8) is 0 Å². The molecule has 0 aromatic carbocycles. The van der Waals surface area contributed by atoms with Gasteiger partial charge in [-0.05, 0) is 47.8 Å². The van der Waals surface area contributed by atoms with Gasteiger partial charge in [0.25, 0.3) is 0 Å². The lowest BCUT2D eigenvalue weighted by Crippen LogP contribution is -2.34. The number of aromatic nitrogens is 1. The van der Waals surface area contributed by atoms with Gasteiger partial charge in [-0.15, -0.1) is 11.6 Å².